The fourth-order valence-corrected chi connectivity index (χ4v) is 3.50. The molecular formula is C21H25NO6. The molecule has 0 aliphatic carbocycles. The molecule has 0 saturated carbocycles. The lowest BCUT2D eigenvalue weighted by Gasteiger charge is -2.24. The molecule has 2 aromatic rings. The van der Waals surface area contributed by atoms with Gasteiger partial charge in [0, 0.05) is 24.1 Å². The van der Waals surface area contributed by atoms with Gasteiger partial charge in [0.05, 0.1) is 12.6 Å². The van der Waals surface area contributed by atoms with Crippen LogP contribution < -0.4 is 9.47 Å². The van der Waals surface area contributed by atoms with E-state index in [1.807, 2.05) is 37.5 Å². The topological polar surface area (TPSA) is 76.0 Å². The normalized spacial score (nSPS) is 16.5. The first-order valence-corrected chi connectivity index (χ1v) is 9.18. The van der Waals surface area contributed by atoms with Crippen molar-refractivity contribution >= 4 is 11.8 Å². The van der Waals surface area contributed by atoms with Crippen LogP contribution in [0.15, 0.2) is 30.3 Å². The average Bonchev–Trinajstić information content (AvgIpc) is 2.99. The molecule has 7 nitrogen and oxygen atoms in total. The van der Waals surface area contributed by atoms with Gasteiger partial charge >= 0.3 is 5.97 Å². The van der Waals surface area contributed by atoms with Gasteiger partial charge in [-0.05, 0) is 39.0 Å². The van der Waals surface area contributed by atoms with E-state index in [9.17, 15) is 9.59 Å². The van der Waals surface area contributed by atoms with Gasteiger partial charge in [0.2, 0.25) is 11.9 Å². The Morgan fingerprint density at radius 1 is 1.25 bits per heavy atom. The summed E-state index contributed by atoms with van der Waals surface area (Å²) in [5, 5.41) is 0. The van der Waals surface area contributed by atoms with Crippen molar-refractivity contribution in [2.75, 3.05) is 26.9 Å². The highest BCUT2D eigenvalue weighted by Gasteiger charge is 2.29. The van der Waals surface area contributed by atoms with Gasteiger partial charge in [0.25, 0.3) is 0 Å². The number of para-hydroxylation sites is 2. The highest BCUT2D eigenvalue weighted by molar-refractivity contribution is 5.99. The second-order valence-electron chi connectivity index (χ2n) is 6.85. The third-order valence-electron chi connectivity index (χ3n) is 4.75. The van der Waals surface area contributed by atoms with Gasteiger partial charge in [-0.2, -0.15) is 0 Å². The predicted molar refractivity (Wildman–Crippen MR) is 102 cm³/mol. The lowest BCUT2D eigenvalue weighted by Crippen LogP contribution is -2.38. The highest BCUT2D eigenvalue weighted by atomic mass is 16.6. The van der Waals surface area contributed by atoms with Gasteiger partial charge in [-0.3, -0.25) is 4.79 Å². The van der Waals surface area contributed by atoms with Crippen LogP contribution in [0.2, 0.25) is 0 Å². The lowest BCUT2D eigenvalue weighted by atomic mass is 10.1. The van der Waals surface area contributed by atoms with Crippen molar-refractivity contribution in [1.29, 1.82) is 0 Å². The Morgan fingerprint density at radius 3 is 2.68 bits per heavy atom. The van der Waals surface area contributed by atoms with Crippen molar-refractivity contribution in [3.8, 4) is 11.5 Å². The molecule has 0 unspecified atom stereocenters. The van der Waals surface area contributed by atoms with E-state index >= 15 is 0 Å². The molecule has 0 saturated heterocycles. The first-order chi connectivity index (χ1) is 13.4. The van der Waals surface area contributed by atoms with Crippen molar-refractivity contribution in [2.24, 2.45) is 0 Å². The van der Waals surface area contributed by atoms with Crippen LogP contribution >= 0.6 is 0 Å². The smallest absolute Gasteiger partial charge is 0.351 e. The molecule has 150 valence electrons. The number of rotatable bonds is 7. The van der Waals surface area contributed by atoms with Crippen molar-refractivity contribution in [3.05, 3.63) is 47.3 Å². The van der Waals surface area contributed by atoms with Crippen LogP contribution in [-0.2, 0) is 14.3 Å². The molecule has 2 atom stereocenters. The van der Waals surface area contributed by atoms with E-state index in [-0.39, 0.29) is 25.0 Å². The Hall–Kier alpha value is -2.80. The quantitative estimate of drug-likeness (QED) is 0.537. The van der Waals surface area contributed by atoms with E-state index in [2.05, 4.69) is 0 Å². The molecule has 0 N–H and O–H groups in total. The van der Waals surface area contributed by atoms with Crippen molar-refractivity contribution in [1.82, 2.24) is 4.57 Å². The third kappa shape index (κ3) is 4.04. The molecule has 1 aliphatic heterocycles. The molecule has 7 heteroatoms. The molecule has 1 aromatic carbocycles. The van der Waals surface area contributed by atoms with Gasteiger partial charge < -0.3 is 23.5 Å². The number of esters is 1. The van der Waals surface area contributed by atoms with Crippen LogP contribution in [0, 0.1) is 13.8 Å². The van der Waals surface area contributed by atoms with Gasteiger partial charge in [-0.1, -0.05) is 12.1 Å². The number of aryl methyl sites for hydroxylation is 1. The molecule has 0 bridgehead atoms. The van der Waals surface area contributed by atoms with Crippen LogP contribution in [0.5, 0.6) is 11.5 Å². The Bertz CT molecular complexity index is 872. The summed E-state index contributed by atoms with van der Waals surface area (Å²) in [5.74, 6) is 0.191. The van der Waals surface area contributed by atoms with E-state index in [1.165, 1.54) is 0 Å². The van der Waals surface area contributed by atoms with Gasteiger partial charge in [0.15, 0.2) is 18.1 Å². The maximum Gasteiger partial charge on any atom is 0.351 e. The highest BCUT2D eigenvalue weighted by Crippen LogP contribution is 2.31. The second-order valence-corrected chi connectivity index (χ2v) is 6.85. The molecule has 0 amide bonds. The summed E-state index contributed by atoms with van der Waals surface area (Å²) < 4.78 is 23.6. The number of carbonyl (C=O) groups is 2. The number of aromatic nitrogens is 1. The zero-order valence-corrected chi connectivity index (χ0v) is 16.6. The number of hydrogen-bond donors (Lipinski definition) is 0. The lowest BCUT2D eigenvalue weighted by molar-refractivity contribution is -0.153. The fraction of sp³-hybridized carbons (Fsp3) is 0.429. The van der Waals surface area contributed by atoms with E-state index in [1.54, 1.807) is 25.3 Å². The number of hydrogen-bond acceptors (Lipinski definition) is 6. The van der Waals surface area contributed by atoms with Crippen molar-refractivity contribution in [2.45, 2.75) is 32.9 Å². The minimum atomic E-state index is -0.892. The van der Waals surface area contributed by atoms with Crippen LogP contribution in [-0.4, -0.2) is 49.4 Å². The Balaban J connectivity index is 1.62. The van der Waals surface area contributed by atoms with Crippen LogP contribution in [0.25, 0.3) is 0 Å². The summed E-state index contributed by atoms with van der Waals surface area (Å²) in [7, 11) is 1.64. The zero-order valence-electron chi connectivity index (χ0n) is 16.6. The Kier molecular flexibility index (Phi) is 6.04. The second kappa shape index (κ2) is 8.48. The summed E-state index contributed by atoms with van der Waals surface area (Å²) in [6, 6.07) is 9.01. The monoisotopic (exact) mass is 387 g/mol. The number of carbonyl (C=O) groups excluding carboxylic acids is 2. The summed E-state index contributed by atoms with van der Waals surface area (Å²) in [4.78, 5) is 24.9. The first kappa shape index (κ1) is 19.9. The molecule has 0 fully saturated rings. The third-order valence-corrected chi connectivity index (χ3v) is 4.75. The maximum absolute atomic E-state index is 12.6. The Morgan fingerprint density at radius 2 is 1.96 bits per heavy atom. The molecule has 0 radical (unpaired) electrons. The summed E-state index contributed by atoms with van der Waals surface area (Å²) in [5.41, 5.74) is 2.33. The number of methoxy groups -OCH3 is 1. The van der Waals surface area contributed by atoms with Gasteiger partial charge in [-0.25, -0.2) is 4.79 Å². The number of ketones is 1. The minimum Gasteiger partial charge on any atom is -0.485 e. The van der Waals surface area contributed by atoms with Crippen molar-refractivity contribution < 1.29 is 28.5 Å². The fourth-order valence-electron chi connectivity index (χ4n) is 3.50. The molecule has 2 heterocycles. The molecule has 1 aromatic heterocycles. The number of ether oxygens (including phenoxy) is 4. The molecule has 3 rings (SSSR count). The maximum atomic E-state index is 12.6. The van der Waals surface area contributed by atoms with Crippen molar-refractivity contribution in [3.63, 3.8) is 0 Å². The number of fused-ring (bicyclic) bond motifs is 1. The van der Waals surface area contributed by atoms with Crippen LogP contribution in [0.1, 0.15) is 34.7 Å². The standard InChI is InChI=1S/C21H25NO6/c1-13-9-16(15(3)22(13)14(2)10-25-4)17(23)11-27-21(24)20-12-26-18-7-5-6-8-19(18)28-20/h5-9,14,20H,10-12H2,1-4H3/t14-,20-/m0/s1. The first-order valence-electron chi connectivity index (χ1n) is 9.18. The minimum absolute atomic E-state index is 0.0487. The Labute approximate surface area is 164 Å². The largest absolute Gasteiger partial charge is 0.485 e. The molecule has 1 aliphatic rings. The predicted octanol–water partition coefficient (Wildman–Crippen LogP) is 2.88. The number of benzene rings is 1. The summed E-state index contributed by atoms with van der Waals surface area (Å²) in [6.45, 7) is 6.09. The van der Waals surface area contributed by atoms with Crippen LogP contribution in [0.3, 0.4) is 0 Å². The van der Waals surface area contributed by atoms with E-state index in [4.69, 9.17) is 18.9 Å². The average molecular weight is 387 g/mol. The number of Topliss-reactive ketones (excluding diaryl/α,β-unsaturated/α-hetero) is 1. The SMILES string of the molecule is COC[C@H](C)n1c(C)cc(C(=O)COC(=O)[C@@H]2COc3ccccc3O2)c1C. The molecule has 0 spiro atoms. The van der Waals surface area contributed by atoms with Gasteiger partial charge in [-0.15, -0.1) is 0 Å². The number of nitrogens with zero attached hydrogens (tertiary/aromatic N) is 1. The molecular weight excluding hydrogens is 362 g/mol. The zero-order chi connectivity index (χ0) is 20.3. The van der Waals surface area contributed by atoms with E-state index in [0.717, 1.165) is 11.4 Å². The summed E-state index contributed by atoms with van der Waals surface area (Å²) in [6.07, 6.45) is -0.892. The van der Waals surface area contributed by atoms with Gasteiger partial charge in [0.1, 0.15) is 6.61 Å². The molecule has 28 heavy (non-hydrogen) atoms. The van der Waals surface area contributed by atoms with E-state index < -0.39 is 12.1 Å². The summed E-state index contributed by atoms with van der Waals surface area (Å²) >= 11 is 0. The van der Waals surface area contributed by atoms with E-state index in [0.29, 0.717) is 23.7 Å². The van der Waals surface area contributed by atoms with Crippen LogP contribution in [0.4, 0.5) is 0 Å².